The van der Waals surface area contributed by atoms with Gasteiger partial charge in [0.1, 0.15) is 5.76 Å². The number of halogens is 3. The van der Waals surface area contributed by atoms with E-state index in [0.29, 0.717) is 18.8 Å². The molecule has 2 rings (SSSR count). The molecule has 120 valence electrons. The highest BCUT2D eigenvalue weighted by Crippen LogP contribution is 2.40. The van der Waals surface area contributed by atoms with Gasteiger partial charge in [0.2, 0.25) is 0 Å². The largest absolute Gasteiger partial charge is 0.469 e. The molecule has 0 amide bonds. The average Bonchev–Trinajstić information content (AvgIpc) is 2.95. The summed E-state index contributed by atoms with van der Waals surface area (Å²) < 4.78 is 43.6. The molecule has 0 aliphatic heterocycles. The van der Waals surface area contributed by atoms with Gasteiger partial charge in [0, 0.05) is 12.5 Å². The van der Waals surface area contributed by atoms with Crippen LogP contribution in [-0.2, 0) is 6.42 Å². The van der Waals surface area contributed by atoms with E-state index in [2.05, 4.69) is 12.2 Å². The lowest BCUT2D eigenvalue weighted by atomic mass is 9.77. The van der Waals surface area contributed by atoms with Gasteiger partial charge in [0.25, 0.3) is 0 Å². The van der Waals surface area contributed by atoms with Crippen molar-refractivity contribution in [1.82, 2.24) is 5.32 Å². The Morgan fingerprint density at radius 3 is 2.52 bits per heavy atom. The van der Waals surface area contributed by atoms with E-state index in [-0.39, 0.29) is 18.9 Å². The monoisotopic (exact) mass is 303 g/mol. The van der Waals surface area contributed by atoms with Crippen LogP contribution in [0.3, 0.4) is 0 Å². The van der Waals surface area contributed by atoms with Crippen LogP contribution >= 0.6 is 0 Å². The molecule has 5 heteroatoms. The van der Waals surface area contributed by atoms with Crippen molar-refractivity contribution < 1.29 is 17.6 Å². The van der Waals surface area contributed by atoms with Crippen molar-refractivity contribution in [3.8, 4) is 0 Å². The van der Waals surface area contributed by atoms with E-state index in [1.165, 1.54) is 0 Å². The van der Waals surface area contributed by atoms with Crippen LogP contribution in [0.1, 0.15) is 44.8 Å². The molecule has 1 N–H and O–H groups in total. The number of furan rings is 1. The van der Waals surface area contributed by atoms with Crippen molar-refractivity contribution in [3.63, 3.8) is 0 Å². The Labute approximate surface area is 124 Å². The zero-order chi connectivity index (χ0) is 15.3. The first-order valence-electron chi connectivity index (χ1n) is 7.83. The lowest BCUT2D eigenvalue weighted by Crippen LogP contribution is -2.41. The maximum absolute atomic E-state index is 12.7. The predicted molar refractivity (Wildman–Crippen MR) is 76.0 cm³/mol. The Hall–Kier alpha value is -0.970. The fraction of sp³-hybridized carbons (Fsp3) is 0.750. The highest BCUT2D eigenvalue weighted by molar-refractivity contribution is 5.02. The van der Waals surface area contributed by atoms with Crippen molar-refractivity contribution in [2.24, 2.45) is 11.8 Å². The molecule has 1 aromatic heterocycles. The third-order valence-corrected chi connectivity index (χ3v) is 4.46. The third-order valence-electron chi connectivity index (χ3n) is 4.46. The molecule has 21 heavy (non-hydrogen) atoms. The predicted octanol–water partition coefficient (Wildman–Crippen LogP) is 4.56. The second-order valence-electron chi connectivity index (χ2n) is 6.00. The second kappa shape index (κ2) is 7.34. The Balaban J connectivity index is 1.92. The number of hydrogen-bond acceptors (Lipinski definition) is 2. The van der Waals surface area contributed by atoms with E-state index < -0.39 is 12.1 Å². The van der Waals surface area contributed by atoms with Gasteiger partial charge < -0.3 is 9.73 Å². The Kier molecular flexibility index (Phi) is 5.73. The standard InChI is InChI=1S/C16H24F3NO/c1-2-9-20-15(11-14-4-3-10-21-14)12-5-7-13(8-6-12)16(17,18)19/h3-4,10,12-13,15,20H,2,5-9,11H2,1H3. The smallest absolute Gasteiger partial charge is 0.391 e. The molecule has 1 heterocycles. The number of hydrogen-bond donors (Lipinski definition) is 1. The van der Waals surface area contributed by atoms with Crippen LogP contribution in [0.4, 0.5) is 13.2 Å². The van der Waals surface area contributed by atoms with Crippen LogP contribution < -0.4 is 5.32 Å². The SMILES string of the molecule is CCCNC(Cc1ccco1)C1CCC(C(F)(F)F)CC1. The summed E-state index contributed by atoms with van der Waals surface area (Å²) in [5.41, 5.74) is 0. The summed E-state index contributed by atoms with van der Waals surface area (Å²) in [5.74, 6) is 0.103. The first-order valence-corrected chi connectivity index (χ1v) is 7.83. The van der Waals surface area contributed by atoms with Gasteiger partial charge in [-0.25, -0.2) is 0 Å². The van der Waals surface area contributed by atoms with Gasteiger partial charge in [0.15, 0.2) is 0 Å². The van der Waals surface area contributed by atoms with Crippen LogP contribution in [0.25, 0.3) is 0 Å². The molecule has 1 unspecified atom stereocenters. The quantitative estimate of drug-likeness (QED) is 0.833. The highest BCUT2D eigenvalue weighted by Gasteiger charge is 2.42. The third kappa shape index (κ3) is 4.77. The van der Waals surface area contributed by atoms with Crippen molar-refractivity contribution >= 4 is 0 Å². The highest BCUT2D eigenvalue weighted by atomic mass is 19.4. The van der Waals surface area contributed by atoms with E-state index in [9.17, 15) is 13.2 Å². The minimum atomic E-state index is -4.03. The lowest BCUT2D eigenvalue weighted by molar-refractivity contribution is -0.184. The molecule has 0 saturated heterocycles. The summed E-state index contributed by atoms with van der Waals surface area (Å²) in [5, 5.41) is 3.49. The van der Waals surface area contributed by atoms with Gasteiger partial charge in [-0.05, 0) is 56.7 Å². The number of rotatable bonds is 6. The molecule has 0 aromatic carbocycles. The van der Waals surface area contributed by atoms with Crippen molar-refractivity contribution in [1.29, 1.82) is 0 Å². The van der Waals surface area contributed by atoms with Crippen molar-refractivity contribution in [2.75, 3.05) is 6.54 Å². The molecule has 1 aliphatic carbocycles. The minimum absolute atomic E-state index is 0.213. The first kappa shape index (κ1) is 16.4. The van der Waals surface area contributed by atoms with E-state index in [4.69, 9.17) is 4.42 Å². The van der Waals surface area contributed by atoms with Gasteiger partial charge >= 0.3 is 6.18 Å². The molecule has 1 fully saturated rings. The summed E-state index contributed by atoms with van der Waals surface area (Å²) >= 11 is 0. The van der Waals surface area contributed by atoms with E-state index >= 15 is 0 Å². The molecule has 1 aliphatic rings. The van der Waals surface area contributed by atoms with E-state index in [1.807, 2.05) is 12.1 Å². The van der Waals surface area contributed by atoms with Gasteiger partial charge in [-0.3, -0.25) is 0 Å². The van der Waals surface area contributed by atoms with Gasteiger partial charge in [-0.15, -0.1) is 0 Å². The van der Waals surface area contributed by atoms with E-state index in [1.54, 1.807) is 6.26 Å². The van der Waals surface area contributed by atoms with Crippen LogP contribution in [0.5, 0.6) is 0 Å². The fourth-order valence-electron chi connectivity index (χ4n) is 3.23. The summed E-state index contributed by atoms with van der Waals surface area (Å²) in [4.78, 5) is 0. The first-order chi connectivity index (χ1) is 10.0. The summed E-state index contributed by atoms with van der Waals surface area (Å²) in [6.07, 6.45) is 1.21. The molecular weight excluding hydrogens is 279 g/mol. The molecule has 2 nitrogen and oxygen atoms in total. The topological polar surface area (TPSA) is 25.2 Å². The summed E-state index contributed by atoms with van der Waals surface area (Å²) in [6, 6.07) is 4.00. The molecule has 1 atom stereocenters. The molecule has 0 bridgehead atoms. The molecular formula is C16H24F3NO. The molecule has 0 radical (unpaired) electrons. The number of alkyl halides is 3. The minimum Gasteiger partial charge on any atom is -0.469 e. The Bertz CT molecular complexity index is 394. The molecule has 0 spiro atoms. The maximum Gasteiger partial charge on any atom is 0.391 e. The summed E-state index contributed by atoms with van der Waals surface area (Å²) in [7, 11) is 0. The molecule has 1 saturated carbocycles. The Morgan fingerprint density at radius 2 is 2.00 bits per heavy atom. The van der Waals surface area contributed by atoms with Gasteiger partial charge in [-0.1, -0.05) is 6.92 Å². The normalized spacial score (nSPS) is 25.0. The second-order valence-corrected chi connectivity index (χ2v) is 6.00. The van der Waals surface area contributed by atoms with Crippen molar-refractivity contribution in [2.45, 2.75) is 57.7 Å². The Morgan fingerprint density at radius 1 is 1.29 bits per heavy atom. The van der Waals surface area contributed by atoms with Crippen molar-refractivity contribution in [3.05, 3.63) is 24.2 Å². The van der Waals surface area contributed by atoms with Gasteiger partial charge in [-0.2, -0.15) is 13.2 Å². The average molecular weight is 303 g/mol. The van der Waals surface area contributed by atoms with Crippen LogP contribution in [0.2, 0.25) is 0 Å². The van der Waals surface area contributed by atoms with Crippen LogP contribution in [-0.4, -0.2) is 18.8 Å². The fourth-order valence-corrected chi connectivity index (χ4v) is 3.23. The van der Waals surface area contributed by atoms with Crippen LogP contribution in [0.15, 0.2) is 22.8 Å². The zero-order valence-electron chi connectivity index (χ0n) is 12.5. The van der Waals surface area contributed by atoms with Crippen LogP contribution in [0, 0.1) is 11.8 Å². The van der Waals surface area contributed by atoms with Gasteiger partial charge in [0.05, 0.1) is 12.2 Å². The maximum atomic E-state index is 12.7. The summed E-state index contributed by atoms with van der Waals surface area (Å²) in [6.45, 7) is 2.99. The zero-order valence-corrected chi connectivity index (χ0v) is 12.5. The molecule has 1 aromatic rings. The number of nitrogens with one attached hydrogen (secondary N) is 1. The lowest BCUT2D eigenvalue weighted by Gasteiger charge is -2.35. The van der Waals surface area contributed by atoms with E-state index in [0.717, 1.165) is 25.1 Å².